The lowest BCUT2D eigenvalue weighted by Crippen LogP contribution is -2.25. The maximum Gasteiger partial charge on any atom is 0.335 e. The Balaban J connectivity index is 1.50. The molecule has 7 nitrogen and oxygen atoms in total. The molecular weight excluding hydrogens is 516 g/mol. The van der Waals surface area contributed by atoms with Gasteiger partial charge in [0.15, 0.2) is 11.5 Å². The lowest BCUT2D eigenvalue weighted by atomic mass is 10.1. The molecule has 0 fully saturated rings. The Morgan fingerprint density at radius 3 is 2.38 bits per heavy atom. The molecule has 1 aliphatic heterocycles. The standard InChI is InChI=1S/C31H31F2N3O4/c1-2-3-14-36-26(29(33)34-30(36)24-6-4-5-7-25(24)32)20-35(18-21-8-11-23(12-9-21)31(37)38)19-22-10-13-27-28(17-22)40-16-15-39-27/h4-13,17H,2-3,14-16,18-20H2,1H3,(H,37,38). The molecule has 1 aliphatic rings. The van der Waals surface area contributed by atoms with Crippen molar-refractivity contribution in [3.05, 3.63) is 101 Å². The van der Waals surface area contributed by atoms with Crippen LogP contribution in [-0.2, 0) is 26.2 Å². The van der Waals surface area contributed by atoms with Gasteiger partial charge in [-0.25, -0.2) is 9.18 Å². The minimum Gasteiger partial charge on any atom is -0.486 e. The van der Waals surface area contributed by atoms with Crippen LogP contribution in [0.4, 0.5) is 8.78 Å². The van der Waals surface area contributed by atoms with Crippen LogP contribution in [0.1, 0.15) is 46.9 Å². The van der Waals surface area contributed by atoms with E-state index < -0.39 is 17.7 Å². The number of imidazole rings is 1. The lowest BCUT2D eigenvalue weighted by Gasteiger charge is -2.25. The van der Waals surface area contributed by atoms with Crippen molar-refractivity contribution in [2.75, 3.05) is 13.2 Å². The summed E-state index contributed by atoms with van der Waals surface area (Å²) in [4.78, 5) is 17.6. The zero-order valence-electron chi connectivity index (χ0n) is 22.3. The second-order valence-electron chi connectivity index (χ2n) is 9.78. The molecule has 1 aromatic heterocycles. The number of carboxylic acids is 1. The smallest absolute Gasteiger partial charge is 0.335 e. The van der Waals surface area contributed by atoms with Gasteiger partial charge in [-0.15, -0.1) is 0 Å². The van der Waals surface area contributed by atoms with Gasteiger partial charge in [0.05, 0.1) is 16.8 Å². The van der Waals surface area contributed by atoms with E-state index in [0.29, 0.717) is 50.0 Å². The molecule has 0 saturated carbocycles. The third kappa shape index (κ3) is 6.15. The van der Waals surface area contributed by atoms with Crippen LogP contribution in [0.25, 0.3) is 11.4 Å². The molecule has 4 aromatic rings. The van der Waals surface area contributed by atoms with E-state index in [-0.39, 0.29) is 23.5 Å². The number of nitrogens with zero attached hydrogens (tertiary/aromatic N) is 3. The first-order valence-corrected chi connectivity index (χ1v) is 13.4. The molecule has 0 atom stereocenters. The molecule has 0 bridgehead atoms. The van der Waals surface area contributed by atoms with Gasteiger partial charge in [-0.3, -0.25) is 4.90 Å². The van der Waals surface area contributed by atoms with E-state index in [2.05, 4.69) is 9.88 Å². The van der Waals surface area contributed by atoms with Crippen molar-refractivity contribution in [1.82, 2.24) is 14.5 Å². The number of carboxylic acid groups (broad SMARTS) is 1. The van der Waals surface area contributed by atoms with E-state index in [0.717, 1.165) is 24.0 Å². The van der Waals surface area contributed by atoms with Crippen LogP contribution in [0.5, 0.6) is 11.5 Å². The third-order valence-electron chi connectivity index (χ3n) is 6.87. The number of aromatic carboxylic acids is 1. The van der Waals surface area contributed by atoms with Crippen molar-refractivity contribution in [2.24, 2.45) is 0 Å². The van der Waals surface area contributed by atoms with Crippen molar-refractivity contribution >= 4 is 5.97 Å². The highest BCUT2D eigenvalue weighted by Crippen LogP contribution is 2.32. The quantitative estimate of drug-likeness (QED) is 0.238. The summed E-state index contributed by atoms with van der Waals surface area (Å²) >= 11 is 0. The van der Waals surface area contributed by atoms with Crippen LogP contribution in [0.15, 0.2) is 66.7 Å². The Bertz CT molecular complexity index is 1490. The molecule has 5 rings (SSSR count). The fourth-order valence-electron chi connectivity index (χ4n) is 4.85. The summed E-state index contributed by atoms with van der Waals surface area (Å²) in [5.74, 6) is -0.475. The third-order valence-corrected chi connectivity index (χ3v) is 6.87. The topological polar surface area (TPSA) is 76.8 Å². The van der Waals surface area contributed by atoms with E-state index >= 15 is 4.39 Å². The Morgan fingerprint density at radius 2 is 1.65 bits per heavy atom. The zero-order valence-corrected chi connectivity index (χ0v) is 22.3. The Morgan fingerprint density at radius 1 is 0.950 bits per heavy atom. The van der Waals surface area contributed by atoms with Gasteiger partial charge in [-0.2, -0.15) is 9.37 Å². The van der Waals surface area contributed by atoms with E-state index in [4.69, 9.17) is 9.47 Å². The minimum absolute atomic E-state index is 0.195. The fourth-order valence-corrected chi connectivity index (χ4v) is 4.85. The predicted molar refractivity (Wildman–Crippen MR) is 146 cm³/mol. The number of fused-ring (bicyclic) bond motifs is 1. The monoisotopic (exact) mass is 547 g/mol. The largest absolute Gasteiger partial charge is 0.486 e. The molecule has 0 saturated heterocycles. The first kappa shape index (κ1) is 27.3. The first-order chi connectivity index (χ1) is 19.4. The van der Waals surface area contributed by atoms with Gasteiger partial charge in [-0.05, 0) is 53.9 Å². The van der Waals surface area contributed by atoms with Gasteiger partial charge in [0.25, 0.3) is 0 Å². The molecule has 0 aliphatic carbocycles. The zero-order chi connectivity index (χ0) is 28.1. The molecule has 0 spiro atoms. The van der Waals surface area contributed by atoms with Crippen LogP contribution < -0.4 is 9.47 Å². The van der Waals surface area contributed by atoms with E-state index in [1.807, 2.05) is 25.1 Å². The van der Waals surface area contributed by atoms with Gasteiger partial charge >= 0.3 is 5.97 Å². The van der Waals surface area contributed by atoms with Crippen molar-refractivity contribution < 1.29 is 28.2 Å². The van der Waals surface area contributed by atoms with E-state index in [1.165, 1.54) is 6.07 Å². The van der Waals surface area contributed by atoms with Crippen LogP contribution >= 0.6 is 0 Å². The molecule has 1 N–H and O–H groups in total. The van der Waals surface area contributed by atoms with Crippen LogP contribution in [-0.4, -0.2) is 38.7 Å². The maximum absolute atomic E-state index is 15.5. The SMILES string of the molecule is CCCCn1c(-c2ccccc2F)nc(F)c1CN(Cc1ccc(C(=O)O)cc1)Cc1ccc2c(c1)OCCO2. The molecular formula is C31H31F2N3O4. The van der Waals surface area contributed by atoms with Crippen molar-refractivity contribution in [3.8, 4) is 22.9 Å². The molecule has 208 valence electrons. The molecule has 2 heterocycles. The normalized spacial score (nSPS) is 12.6. The van der Waals surface area contributed by atoms with E-state index in [9.17, 15) is 14.3 Å². The van der Waals surface area contributed by atoms with Crippen molar-refractivity contribution in [1.29, 1.82) is 0 Å². The van der Waals surface area contributed by atoms with Crippen LogP contribution in [0.2, 0.25) is 0 Å². The second kappa shape index (κ2) is 12.3. The van der Waals surface area contributed by atoms with Gasteiger partial charge < -0.3 is 19.1 Å². The Kier molecular flexibility index (Phi) is 8.40. The highest BCUT2D eigenvalue weighted by Gasteiger charge is 2.23. The highest BCUT2D eigenvalue weighted by atomic mass is 19.1. The summed E-state index contributed by atoms with van der Waals surface area (Å²) in [6, 6.07) is 18.6. The Labute approximate surface area is 231 Å². The molecule has 9 heteroatoms. The summed E-state index contributed by atoms with van der Waals surface area (Å²) in [5.41, 5.74) is 2.64. The molecule has 0 unspecified atom stereocenters. The lowest BCUT2D eigenvalue weighted by molar-refractivity contribution is 0.0697. The number of rotatable bonds is 11. The van der Waals surface area contributed by atoms with E-state index in [1.54, 1.807) is 47.0 Å². The number of hydrogen-bond acceptors (Lipinski definition) is 5. The van der Waals surface area contributed by atoms with Gasteiger partial charge in [0, 0.05) is 26.2 Å². The maximum atomic E-state index is 15.5. The average Bonchev–Trinajstić information content (AvgIpc) is 3.26. The number of benzene rings is 3. The summed E-state index contributed by atoms with van der Waals surface area (Å²) in [7, 11) is 0. The summed E-state index contributed by atoms with van der Waals surface area (Å²) in [5, 5.41) is 9.28. The number of ether oxygens (including phenoxy) is 2. The predicted octanol–water partition coefficient (Wildman–Crippen LogP) is 6.30. The summed E-state index contributed by atoms with van der Waals surface area (Å²) in [6.07, 6.45) is 1.66. The number of hydrogen-bond donors (Lipinski definition) is 1. The molecule has 40 heavy (non-hydrogen) atoms. The van der Waals surface area contributed by atoms with Crippen molar-refractivity contribution in [2.45, 2.75) is 45.9 Å². The Hall–Kier alpha value is -4.24. The fraction of sp³-hybridized carbons (Fsp3) is 0.290. The number of carbonyl (C=O) groups is 1. The molecule has 3 aromatic carbocycles. The number of aromatic nitrogens is 2. The number of halogens is 2. The second-order valence-corrected chi connectivity index (χ2v) is 9.78. The van der Waals surface area contributed by atoms with Crippen LogP contribution in [0.3, 0.4) is 0 Å². The average molecular weight is 548 g/mol. The van der Waals surface area contributed by atoms with Gasteiger partial charge in [0.1, 0.15) is 24.9 Å². The van der Waals surface area contributed by atoms with Crippen molar-refractivity contribution in [3.63, 3.8) is 0 Å². The van der Waals surface area contributed by atoms with Gasteiger partial charge in [-0.1, -0.05) is 43.7 Å². The summed E-state index contributed by atoms with van der Waals surface area (Å²) < 4.78 is 43.5. The summed E-state index contributed by atoms with van der Waals surface area (Å²) in [6.45, 7) is 4.58. The first-order valence-electron chi connectivity index (χ1n) is 13.4. The number of unbranched alkanes of at least 4 members (excludes halogenated alkanes) is 1. The van der Waals surface area contributed by atoms with Crippen LogP contribution in [0, 0.1) is 11.8 Å². The minimum atomic E-state index is -0.998. The molecule has 0 radical (unpaired) electrons. The highest BCUT2D eigenvalue weighted by molar-refractivity contribution is 5.87. The molecule has 0 amide bonds. The van der Waals surface area contributed by atoms with Gasteiger partial charge in [0.2, 0.25) is 5.95 Å².